The van der Waals surface area contributed by atoms with Crippen molar-refractivity contribution in [2.75, 3.05) is 26.7 Å². The summed E-state index contributed by atoms with van der Waals surface area (Å²) < 4.78 is 44.8. The van der Waals surface area contributed by atoms with Crippen molar-refractivity contribution in [3.8, 4) is 11.1 Å². The van der Waals surface area contributed by atoms with Crippen LogP contribution in [0.1, 0.15) is 46.5 Å². The van der Waals surface area contributed by atoms with Crippen LogP contribution in [0.25, 0.3) is 11.1 Å². The summed E-state index contributed by atoms with van der Waals surface area (Å²) in [6, 6.07) is 8.89. The molecule has 0 N–H and O–H groups in total. The van der Waals surface area contributed by atoms with E-state index in [4.69, 9.17) is 11.6 Å². The molecule has 0 aliphatic carbocycles. The molecule has 10 heteroatoms. The SMILES string of the molecule is C=CC(=O)N1Cc2sc(Cl)cc2[C@@H](c2ccccc2-c2cn(C3CCN(C)CC3)nc2C(F)(F)F)C1. The third-order valence-electron chi connectivity index (χ3n) is 7.10. The average Bonchev–Trinajstić information content (AvgIpc) is 3.47. The number of piperidine rings is 1. The summed E-state index contributed by atoms with van der Waals surface area (Å²) in [5.41, 5.74) is 1.31. The minimum atomic E-state index is -4.60. The van der Waals surface area contributed by atoms with E-state index in [2.05, 4.69) is 16.6 Å². The van der Waals surface area contributed by atoms with Gasteiger partial charge in [-0.2, -0.15) is 18.3 Å². The van der Waals surface area contributed by atoms with Crippen LogP contribution in [0.15, 0.2) is 49.2 Å². The molecule has 36 heavy (non-hydrogen) atoms. The summed E-state index contributed by atoms with van der Waals surface area (Å²) in [7, 11) is 2.01. The predicted molar refractivity (Wildman–Crippen MR) is 135 cm³/mol. The van der Waals surface area contributed by atoms with Crippen LogP contribution in [0, 0.1) is 0 Å². The number of likely N-dealkylation sites (tertiary alicyclic amines) is 1. The number of halogens is 4. The second-order valence-electron chi connectivity index (χ2n) is 9.40. The molecular weight excluding hydrogens is 509 g/mol. The molecule has 3 aromatic rings. The van der Waals surface area contributed by atoms with E-state index < -0.39 is 11.9 Å². The van der Waals surface area contributed by atoms with Crippen LogP contribution in [0.3, 0.4) is 0 Å². The first-order chi connectivity index (χ1) is 17.2. The lowest BCUT2D eigenvalue weighted by Gasteiger charge is -2.33. The van der Waals surface area contributed by atoms with Crippen LogP contribution in [-0.2, 0) is 17.5 Å². The fourth-order valence-corrected chi connectivity index (χ4v) is 6.60. The zero-order chi connectivity index (χ0) is 25.6. The Bertz CT molecular complexity index is 1290. The highest BCUT2D eigenvalue weighted by atomic mass is 35.5. The second kappa shape index (κ2) is 9.68. The molecule has 1 saturated heterocycles. The predicted octanol–water partition coefficient (Wildman–Crippen LogP) is 6.21. The first-order valence-corrected chi connectivity index (χ1v) is 13.0. The number of rotatable bonds is 4. The van der Waals surface area contributed by atoms with Crippen LogP contribution < -0.4 is 0 Å². The maximum Gasteiger partial charge on any atom is 0.435 e. The number of amides is 1. The van der Waals surface area contributed by atoms with E-state index in [9.17, 15) is 18.0 Å². The maximum atomic E-state index is 14.2. The molecule has 4 heterocycles. The molecule has 2 aliphatic rings. The summed E-state index contributed by atoms with van der Waals surface area (Å²) in [5.74, 6) is -0.552. The number of aromatic nitrogens is 2. The highest BCUT2D eigenvalue weighted by Gasteiger charge is 2.40. The minimum absolute atomic E-state index is 0.0621. The molecular formula is C26H26ClF3N4OS. The number of hydrogen-bond acceptors (Lipinski definition) is 4. The van der Waals surface area contributed by atoms with E-state index in [0.717, 1.165) is 36.4 Å². The second-order valence-corrected chi connectivity index (χ2v) is 11.2. The number of benzene rings is 1. The van der Waals surface area contributed by atoms with E-state index in [1.54, 1.807) is 23.2 Å². The molecule has 0 bridgehead atoms. The Morgan fingerprint density at radius 2 is 1.92 bits per heavy atom. The summed E-state index contributed by atoms with van der Waals surface area (Å²) in [6.07, 6.45) is -0.304. The Morgan fingerprint density at radius 3 is 2.61 bits per heavy atom. The molecule has 1 fully saturated rings. The minimum Gasteiger partial charge on any atom is -0.333 e. The summed E-state index contributed by atoms with van der Waals surface area (Å²) in [6.45, 7) is 5.95. The Hall–Kier alpha value is -2.62. The van der Waals surface area contributed by atoms with Gasteiger partial charge >= 0.3 is 6.18 Å². The Kier molecular flexibility index (Phi) is 6.74. The van der Waals surface area contributed by atoms with Gasteiger partial charge in [-0.15, -0.1) is 11.3 Å². The summed E-state index contributed by atoms with van der Waals surface area (Å²) in [4.78, 5) is 17.3. The van der Waals surface area contributed by atoms with Crippen LogP contribution in [-0.4, -0.2) is 52.2 Å². The molecule has 2 aliphatic heterocycles. The monoisotopic (exact) mass is 534 g/mol. The lowest BCUT2D eigenvalue weighted by Crippen LogP contribution is -2.37. The van der Waals surface area contributed by atoms with Gasteiger partial charge in [0.1, 0.15) is 0 Å². The van der Waals surface area contributed by atoms with Gasteiger partial charge < -0.3 is 9.80 Å². The van der Waals surface area contributed by atoms with E-state index in [1.165, 1.54) is 22.1 Å². The van der Waals surface area contributed by atoms with Crippen molar-refractivity contribution >= 4 is 28.8 Å². The Labute approximate surface area is 216 Å². The van der Waals surface area contributed by atoms with E-state index in [0.29, 0.717) is 28.6 Å². The third-order valence-corrected chi connectivity index (χ3v) is 8.36. The lowest BCUT2D eigenvalue weighted by molar-refractivity contribution is -0.141. The van der Waals surface area contributed by atoms with Crippen LogP contribution >= 0.6 is 22.9 Å². The van der Waals surface area contributed by atoms with Gasteiger partial charge in [0.05, 0.1) is 16.9 Å². The molecule has 0 radical (unpaired) electrons. The van der Waals surface area contributed by atoms with Crippen molar-refractivity contribution in [1.29, 1.82) is 0 Å². The Morgan fingerprint density at radius 1 is 1.19 bits per heavy atom. The number of fused-ring (bicyclic) bond motifs is 1. The molecule has 1 atom stereocenters. The van der Waals surface area contributed by atoms with Crippen molar-refractivity contribution in [2.45, 2.75) is 37.5 Å². The molecule has 0 unspecified atom stereocenters. The molecule has 1 amide bonds. The Balaban J connectivity index is 1.62. The largest absolute Gasteiger partial charge is 0.435 e. The quantitative estimate of drug-likeness (QED) is 0.374. The number of alkyl halides is 3. The number of carbonyl (C=O) groups excluding carboxylic acids is 1. The molecule has 0 spiro atoms. The van der Waals surface area contributed by atoms with E-state index in [1.807, 2.05) is 25.2 Å². The zero-order valence-corrected chi connectivity index (χ0v) is 21.3. The van der Waals surface area contributed by atoms with Crippen molar-refractivity contribution in [3.05, 3.63) is 75.2 Å². The first-order valence-electron chi connectivity index (χ1n) is 11.8. The van der Waals surface area contributed by atoms with E-state index >= 15 is 0 Å². The topological polar surface area (TPSA) is 41.4 Å². The number of carbonyl (C=O) groups is 1. The third kappa shape index (κ3) is 4.71. The molecule has 2 aromatic heterocycles. The molecule has 5 nitrogen and oxygen atoms in total. The lowest BCUT2D eigenvalue weighted by atomic mass is 9.84. The van der Waals surface area contributed by atoms with Crippen molar-refractivity contribution in [3.63, 3.8) is 0 Å². The molecule has 190 valence electrons. The number of thiophene rings is 1. The maximum absolute atomic E-state index is 14.2. The fourth-order valence-electron chi connectivity index (χ4n) is 5.24. The summed E-state index contributed by atoms with van der Waals surface area (Å²) >= 11 is 7.72. The van der Waals surface area contributed by atoms with Crippen molar-refractivity contribution < 1.29 is 18.0 Å². The zero-order valence-electron chi connectivity index (χ0n) is 19.8. The van der Waals surface area contributed by atoms with Gasteiger partial charge in [0.25, 0.3) is 0 Å². The van der Waals surface area contributed by atoms with Crippen molar-refractivity contribution in [1.82, 2.24) is 19.6 Å². The molecule has 0 saturated carbocycles. The standard InChI is InChI=1S/C26H26ClF3N4OS/c1-3-24(35)33-13-20(19-12-23(27)36-22(19)15-33)17-6-4-5-7-18(17)21-14-34(31-25(21)26(28,29)30)16-8-10-32(2)11-9-16/h3-7,12,14,16,20H,1,8-11,13,15H2,2H3/t20-/m1/s1. The molecule has 5 rings (SSSR count). The van der Waals surface area contributed by atoms with E-state index in [-0.39, 0.29) is 23.4 Å². The van der Waals surface area contributed by atoms with Crippen LogP contribution in [0.5, 0.6) is 0 Å². The van der Waals surface area contributed by atoms with Crippen LogP contribution in [0.2, 0.25) is 4.34 Å². The summed E-state index contributed by atoms with van der Waals surface area (Å²) in [5, 5.41) is 4.07. The van der Waals surface area contributed by atoms with Gasteiger partial charge in [-0.1, -0.05) is 42.4 Å². The highest BCUT2D eigenvalue weighted by Crippen LogP contribution is 2.45. The van der Waals surface area contributed by atoms with Gasteiger partial charge in [-0.05, 0) is 61.8 Å². The normalized spacial score (nSPS) is 19.4. The smallest absolute Gasteiger partial charge is 0.333 e. The van der Waals surface area contributed by atoms with Gasteiger partial charge in [-0.3, -0.25) is 9.48 Å². The van der Waals surface area contributed by atoms with Gasteiger partial charge in [0.15, 0.2) is 5.69 Å². The van der Waals surface area contributed by atoms with Gasteiger partial charge in [-0.25, -0.2) is 0 Å². The van der Waals surface area contributed by atoms with Gasteiger partial charge in [0, 0.05) is 29.1 Å². The molecule has 1 aromatic carbocycles. The van der Waals surface area contributed by atoms with Gasteiger partial charge in [0.2, 0.25) is 5.91 Å². The first kappa shape index (κ1) is 25.0. The van der Waals surface area contributed by atoms with Crippen molar-refractivity contribution in [2.24, 2.45) is 0 Å². The van der Waals surface area contributed by atoms with Crippen LogP contribution in [0.4, 0.5) is 13.2 Å². The fraction of sp³-hybridized carbons (Fsp3) is 0.385. The highest BCUT2D eigenvalue weighted by molar-refractivity contribution is 7.16. The average molecular weight is 535 g/mol. The number of hydrogen-bond donors (Lipinski definition) is 0. The number of nitrogens with zero attached hydrogens (tertiary/aromatic N) is 4.